The van der Waals surface area contributed by atoms with Gasteiger partial charge in [0.25, 0.3) is 0 Å². The summed E-state index contributed by atoms with van der Waals surface area (Å²) in [7, 11) is -3.41. The fraction of sp³-hybridized carbons (Fsp3) is 0.667. The number of benzene rings is 1. The molecule has 0 amide bonds. The van der Waals surface area contributed by atoms with Gasteiger partial charge in [0.15, 0.2) is 0 Å². The fourth-order valence-corrected chi connectivity index (χ4v) is 6.91. The lowest BCUT2D eigenvalue weighted by atomic mass is 9.69. The van der Waals surface area contributed by atoms with Crippen LogP contribution >= 0.6 is 45.8 Å². The van der Waals surface area contributed by atoms with Crippen molar-refractivity contribution in [2.24, 2.45) is 5.41 Å². The van der Waals surface area contributed by atoms with Crippen LogP contribution in [-0.2, 0) is 10.0 Å². The molecule has 6 nitrogen and oxygen atoms in total. The van der Waals surface area contributed by atoms with E-state index in [1.807, 2.05) is 12.1 Å². The number of rotatable bonds is 8. The molecule has 3 rings (SSSR count). The number of halogens is 3. The Balaban J connectivity index is 1.73. The second-order valence-corrected chi connectivity index (χ2v) is 13.3. The highest BCUT2D eigenvalue weighted by atomic mass is 127. The van der Waals surface area contributed by atoms with Gasteiger partial charge in [0.05, 0.1) is 28.1 Å². The lowest BCUT2D eigenvalue weighted by molar-refractivity contribution is 0.0902. The van der Waals surface area contributed by atoms with E-state index in [-0.39, 0.29) is 17.7 Å². The van der Waals surface area contributed by atoms with Gasteiger partial charge in [-0.2, -0.15) is 0 Å². The van der Waals surface area contributed by atoms with E-state index in [0.29, 0.717) is 23.1 Å². The lowest BCUT2D eigenvalue weighted by Crippen LogP contribution is -2.59. The number of anilines is 1. The number of piperidine rings is 1. The molecule has 1 aromatic carbocycles. The molecular formula is C24H37Cl2IN4O2S. The van der Waals surface area contributed by atoms with Gasteiger partial charge < -0.3 is 10.6 Å². The van der Waals surface area contributed by atoms with Crippen molar-refractivity contribution in [2.75, 3.05) is 18.4 Å². The molecule has 2 aliphatic rings. The van der Waals surface area contributed by atoms with Crippen molar-refractivity contribution < 1.29 is 8.42 Å². The first kappa shape index (κ1) is 28.5. The van der Waals surface area contributed by atoms with E-state index < -0.39 is 10.0 Å². The summed E-state index contributed by atoms with van der Waals surface area (Å²) in [6.45, 7) is 4.21. The van der Waals surface area contributed by atoms with Crippen LogP contribution in [0.2, 0.25) is 10.0 Å². The average molecular weight is 643 g/mol. The summed E-state index contributed by atoms with van der Waals surface area (Å²) in [5.74, 6) is 0. The standard InChI is InChI=1S/C24H37Cl2IN4O2S/c1-2-34(32,33)29-13-12-28-22-16-24(10-8-6-4-3-5-7-9-11-24)17-23(31-22)30-21-15-19(26)18(25)14-20(21)27/h2,14-15,22-23,28-31H,1,3-13,16-17H2. The minimum Gasteiger partial charge on any atom is -0.369 e. The molecule has 2 atom stereocenters. The van der Waals surface area contributed by atoms with E-state index >= 15 is 0 Å². The van der Waals surface area contributed by atoms with Crippen LogP contribution in [0.4, 0.5) is 5.69 Å². The third-order valence-electron chi connectivity index (χ3n) is 6.97. The molecule has 1 aromatic rings. The van der Waals surface area contributed by atoms with Crippen LogP contribution in [-0.4, -0.2) is 33.8 Å². The highest BCUT2D eigenvalue weighted by molar-refractivity contribution is 14.1. The largest absolute Gasteiger partial charge is 0.369 e. The molecule has 0 bridgehead atoms. The molecule has 1 aliphatic heterocycles. The molecule has 2 unspecified atom stereocenters. The first-order chi connectivity index (χ1) is 16.2. The summed E-state index contributed by atoms with van der Waals surface area (Å²) in [4.78, 5) is 0. The van der Waals surface area contributed by atoms with E-state index in [0.717, 1.165) is 27.5 Å². The lowest BCUT2D eigenvalue weighted by Gasteiger charge is -2.47. The van der Waals surface area contributed by atoms with Crippen molar-refractivity contribution in [2.45, 2.75) is 83.0 Å². The minimum absolute atomic E-state index is 0.0739. The van der Waals surface area contributed by atoms with Gasteiger partial charge in [-0.25, -0.2) is 13.1 Å². The summed E-state index contributed by atoms with van der Waals surface area (Å²) in [6, 6.07) is 3.78. The van der Waals surface area contributed by atoms with Gasteiger partial charge in [-0.05, 0) is 65.8 Å². The molecule has 1 saturated heterocycles. The summed E-state index contributed by atoms with van der Waals surface area (Å²) >= 11 is 14.8. The number of nitrogens with one attached hydrogen (secondary N) is 4. The second kappa shape index (κ2) is 13.4. The Kier molecular flexibility index (Phi) is 11.3. The van der Waals surface area contributed by atoms with Crippen LogP contribution < -0.4 is 20.7 Å². The Morgan fingerprint density at radius 2 is 1.59 bits per heavy atom. The quantitative estimate of drug-likeness (QED) is 0.154. The predicted octanol–water partition coefficient (Wildman–Crippen LogP) is 6.21. The number of hydrogen-bond donors (Lipinski definition) is 4. The second-order valence-electron chi connectivity index (χ2n) is 9.61. The number of sulfonamides is 1. The van der Waals surface area contributed by atoms with Gasteiger partial charge in [0.1, 0.15) is 0 Å². The molecule has 1 spiro atoms. The Bertz CT molecular complexity index is 922. The number of hydrogen-bond acceptors (Lipinski definition) is 5. The van der Waals surface area contributed by atoms with Crippen LogP contribution in [0.1, 0.15) is 70.6 Å². The van der Waals surface area contributed by atoms with E-state index in [2.05, 4.69) is 49.8 Å². The smallest absolute Gasteiger partial charge is 0.233 e. The molecule has 192 valence electrons. The third-order valence-corrected chi connectivity index (χ3v) is 9.63. The zero-order chi connectivity index (χ0) is 24.6. The zero-order valence-corrected chi connectivity index (χ0v) is 24.1. The summed E-state index contributed by atoms with van der Waals surface area (Å²) < 4.78 is 26.9. The van der Waals surface area contributed by atoms with Crippen molar-refractivity contribution in [3.8, 4) is 0 Å². The van der Waals surface area contributed by atoms with Gasteiger partial charge in [-0.1, -0.05) is 74.7 Å². The fourth-order valence-electron chi connectivity index (χ4n) is 5.27. The van der Waals surface area contributed by atoms with Gasteiger partial charge in [-0.15, -0.1) is 0 Å². The average Bonchev–Trinajstić information content (AvgIpc) is 2.79. The zero-order valence-electron chi connectivity index (χ0n) is 19.6. The van der Waals surface area contributed by atoms with Crippen molar-refractivity contribution >= 4 is 61.5 Å². The monoisotopic (exact) mass is 642 g/mol. The molecule has 1 saturated carbocycles. The topological polar surface area (TPSA) is 82.3 Å². The van der Waals surface area contributed by atoms with Crippen molar-refractivity contribution in [3.05, 3.63) is 37.7 Å². The first-order valence-corrected chi connectivity index (χ1v) is 15.6. The summed E-state index contributed by atoms with van der Waals surface area (Å²) in [6.07, 6.45) is 13.9. The third kappa shape index (κ3) is 8.78. The molecule has 2 fully saturated rings. The highest BCUT2D eigenvalue weighted by Crippen LogP contribution is 2.44. The maximum atomic E-state index is 11.7. The Morgan fingerprint density at radius 3 is 2.24 bits per heavy atom. The van der Waals surface area contributed by atoms with Gasteiger partial charge >= 0.3 is 0 Å². The van der Waals surface area contributed by atoms with Crippen LogP contribution in [0.3, 0.4) is 0 Å². The van der Waals surface area contributed by atoms with E-state index in [1.165, 1.54) is 57.8 Å². The predicted molar refractivity (Wildman–Crippen MR) is 152 cm³/mol. The molecule has 10 heteroatoms. The summed E-state index contributed by atoms with van der Waals surface area (Å²) in [5, 5.41) is 13.0. The van der Waals surface area contributed by atoms with E-state index in [4.69, 9.17) is 23.2 Å². The molecule has 4 N–H and O–H groups in total. The van der Waals surface area contributed by atoms with Gasteiger partial charge in [-0.3, -0.25) is 5.32 Å². The van der Waals surface area contributed by atoms with Gasteiger partial charge in [0.2, 0.25) is 10.0 Å². The van der Waals surface area contributed by atoms with E-state index in [1.54, 1.807) is 0 Å². The molecule has 1 aliphatic carbocycles. The van der Waals surface area contributed by atoms with Crippen molar-refractivity contribution in [3.63, 3.8) is 0 Å². The molecule has 0 radical (unpaired) electrons. The van der Waals surface area contributed by atoms with E-state index in [9.17, 15) is 8.42 Å². The summed E-state index contributed by atoms with van der Waals surface area (Å²) in [5.41, 5.74) is 1.22. The van der Waals surface area contributed by atoms with Crippen LogP contribution in [0.5, 0.6) is 0 Å². The molecule has 1 heterocycles. The van der Waals surface area contributed by atoms with Gasteiger partial charge in [0, 0.05) is 22.1 Å². The molecule has 0 aromatic heterocycles. The molecular weight excluding hydrogens is 606 g/mol. The van der Waals surface area contributed by atoms with Crippen molar-refractivity contribution in [1.82, 2.24) is 15.4 Å². The maximum Gasteiger partial charge on any atom is 0.233 e. The Labute approximate surface area is 228 Å². The van der Waals surface area contributed by atoms with Crippen LogP contribution in [0.25, 0.3) is 0 Å². The Hall–Kier alpha value is -0.100. The maximum absolute atomic E-state index is 11.7. The molecule has 34 heavy (non-hydrogen) atoms. The first-order valence-electron chi connectivity index (χ1n) is 12.2. The normalized spacial score (nSPS) is 24.0. The van der Waals surface area contributed by atoms with Crippen molar-refractivity contribution in [1.29, 1.82) is 0 Å². The Morgan fingerprint density at radius 1 is 1.00 bits per heavy atom. The minimum atomic E-state index is -3.41. The highest BCUT2D eigenvalue weighted by Gasteiger charge is 2.39. The van der Waals surface area contributed by atoms with Crippen LogP contribution in [0, 0.1) is 8.99 Å². The van der Waals surface area contributed by atoms with Crippen LogP contribution in [0.15, 0.2) is 24.1 Å². The SMILES string of the molecule is C=CS(=O)(=O)NCCNC1CC2(CCCCCCCCC2)CC(Nc2cc(Cl)c(Cl)cc2I)N1.